The van der Waals surface area contributed by atoms with Gasteiger partial charge in [0, 0.05) is 5.92 Å². The molecular formula is C15H18N2O. The first kappa shape index (κ1) is 11.3. The van der Waals surface area contributed by atoms with Gasteiger partial charge in [0.1, 0.15) is 0 Å². The van der Waals surface area contributed by atoms with Crippen LogP contribution in [0.15, 0.2) is 48.1 Å². The van der Waals surface area contributed by atoms with Crippen molar-refractivity contribution in [1.82, 2.24) is 4.90 Å². The van der Waals surface area contributed by atoms with Crippen molar-refractivity contribution in [1.29, 1.82) is 0 Å². The standard InChI is InChI=1S/C15H18N2O/c16-15(18)17-13-7-3-1-5-11(13)9-10-12-6-2-4-8-14(12)17/h1,3,5-7,9-11,13-14H,2,4,8H2,(H2,16,18). The van der Waals surface area contributed by atoms with Gasteiger partial charge in [0.2, 0.25) is 0 Å². The Hall–Kier alpha value is -1.77. The minimum atomic E-state index is -0.313. The molecule has 3 aliphatic rings. The van der Waals surface area contributed by atoms with Gasteiger partial charge in [-0.15, -0.1) is 0 Å². The summed E-state index contributed by atoms with van der Waals surface area (Å²) in [5.41, 5.74) is 6.87. The van der Waals surface area contributed by atoms with E-state index < -0.39 is 0 Å². The second-order valence-corrected chi connectivity index (χ2v) is 5.09. The molecule has 2 N–H and O–H groups in total. The molecule has 0 aromatic rings. The van der Waals surface area contributed by atoms with Crippen molar-refractivity contribution in [3.63, 3.8) is 0 Å². The molecule has 3 unspecified atom stereocenters. The minimum absolute atomic E-state index is 0.0674. The van der Waals surface area contributed by atoms with E-state index in [0.717, 1.165) is 19.3 Å². The first-order chi connectivity index (χ1) is 8.77. The number of hydrogen-bond donors (Lipinski definition) is 1. The van der Waals surface area contributed by atoms with E-state index in [-0.39, 0.29) is 24.0 Å². The Morgan fingerprint density at radius 1 is 1.28 bits per heavy atom. The zero-order valence-corrected chi connectivity index (χ0v) is 10.3. The lowest BCUT2D eigenvalue weighted by atomic mass is 9.91. The molecule has 1 aliphatic heterocycles. The first-order valence-corrected chi connectivity index (χ1v) is 6.58. The van der Waals surface area contributed by atoms with E-state index in [1.807, 2.05) is 17.1 Å². The summed E-state index contributed by atoms with van der Waals surface area (Å²) in [7, 11) is 0. The Balaban J connectivity index is 2.04. The van der Waals surface area contributed by atoms with E-state index in [0.29, 0.717) is 0 Å². The third kappa shape index (κ3) is 1.80. The highest BCUT2D eigenvalue weighted by molar-refractivity contribution is 5.74. The Morgan fingerprint density at radius 3 is 2.94 bits per heavy atom. The number of carbonyl (C=O) groups excluding carboxylic acids is 1. The molecule has 1 heterocycles. The van der Waals surface area contributed by atoms with E-state index in [1.165, 1.54) is 5.57 Å². The predicted molar refractivity (Wildman–Crippen MR) is 71.8 cm³/mol. The Bertz CT molecular complexity index is 471. The maximum Gasteiger partial charge on any atom is 0.315 e. The molecule has 94 valence electrons. The number of carbonyl (C=O) groups is 1. The number of hydrogen-bond acceptors (Lipinski definition) is 1. The molecule has 0 aromatic heterocycles. The lowest BCUT2D eigenvalue weighted by Crippen LogP contribution is -2.51. The molecule has 0 spiro atoms. The summed E-state index contributed by atoms with van der Waals surface area (Å²) in [5, 5.41) is 0. The molecular weight excluding hydrogens is 224 g/mol. The smallest absolute Gasteiger partial charge is 0.315 e. The van der Waals surface area contributed by atoms with Gasteiger partial charge >= 0.3 is 6.03 Å². The second-order valence-electron chi connectivity index (χ2n) is 5.09. The Morgan fingerprint density at radius 2 is 2.11 bits per heavy atom. The summed E-state index contributed by atoms with van der Waals surface area (Å²) in [4.78, 5) is 13.7. The van der Waals surface area contributed by atoms with Crippen LogP contribution in [0.25, 0.3) is 0 Å². The molecule has 0 radical (unpaired) electrons. The topological polar surface area (TPSA) is 46.3 Å². The number of nitrogens with zero attached hydrogens (tertiary/aromatic N) is 1. The van der Waals surface area contributed by atoms with Gasteiger partial charge in [-0.2, -0.15) is 0 Å². The van der Waals surface area contributed by atoms with E-state index in [1.54, 1.807) is 0 Å². The van der Waals surface area contributed by atoms with Crippen molar-refractivity contribution in [3.8, 4) is 0 Å². The fourth-order valence-corrected chi connectivity index (χ4v) is 3.16. The molecule has 3 heteroatoms. The zero-order valence-electron chi connectivity index (χ0n) is 10.3. The van der Waals surface area contributed by atoms with Crippen molar-refractivity contribution in [2.45, 2.75) is 31.3 Å². The van der Waals surface area contributed by atoms with Crippen LogP contribution in [0, 0.1) is 5.92 Å². The third-order valence-corrected chi connectivity index (χ3v) is 4.02. The van der Waals surface area contributed by atoms with Gasteiger partial charge in [0.15, 0.2) is 0 Å². The van der Waals surface area contributed by atoms with E-state index in [4.69, 9.17) is 5.73 Å². The van der Waals surface area contributed by atoms with Gasteiger partial charge in [-0.3, -0.25) is 0 Å². The summed E-state index contributed by atoms with van der Waals surface area (Å²) in [6, 6.07) is -0.0946. The molecule has 2 amide bonds. The number of primary amides is 1. The summed E-state index contributed by atoms with van der Waals surface area (Å²) >= 11 is 0. The average Bonchev–Trinajstić information content (AvgIpc) is 2.55. The summed E-state index contributed by atoms with van der Waals surface area (Å²) in [6.45, 7) is 0. The highest BCUT2D eigenvalue weighted by Crippen LogP contribution is 2.33. The molecule has 0 fully saturated rings. The van der Waals surface area contributed by atoms with E-state index >= 15 is 0 Å². The third-order valence-electron chi connectivity index (χ3n) is 4.02. The van der Waals surface area contributed by atoms with Crippen molar-refractivity contribution in [3.05, 3.63) is 48.1 Å². The van der Waals surface area contributed by atoms with Crippen LogP contribution in [-0.4, -0.2) is 23.0 Å². The minimum Gasteiger partial charge on any atom is -0.351 e. The predicted octanol–water partition coefficient (Wildman–Crippen LogP) is 2.53. The van der Waals surface area contributed by atoms with Crippen LogP contribution < -0.4 is 5.73 Å². The van der Waals surface area contributed by atoms with E-state index in [2.05, 4.69) is 30.4 Å². The van der Waals surface area contributed by atoms with Crippen molar-refractivity contribution in [2.24, 2.45) is 11.7 Å². The molecule has 0 saturated carbocycles. The van der Waals surface area contributed by atoms with Crippen LogP contribution in [0.1, 0.15) is 19.3 Å². The summed E-state index contributed by atoms with van der Waals surface area (Å²) < 4.78 is 0. The van der Waals surface area contributed by atoms with Crippen LogP contribution in [0.3, 0.4) is 0 Å². The van der Waals surface area contributed by atoms with Crippen LogP contribution in [0.2, 0.25) is 0 Å². The number of rotatable bonds is 0. The Labute approximate surface area is 107 Å². The molecule has 0 saturated heterocycles. The van der Waals surface area contributed by atoms with Gasteiger partial charge in [0.25, 0.3) is 0 Å². The zero-order chi connectivity index (χ0) is 12.5. The summed E-state index contributed by atoms with van der Waals surface area (Å²) in [6.07, 6.45) is 18.1. The number of amides is 2. The Kier molecular flexibility index (Phi) is 2.82. The fraction of sp³-hybridized carbons (Fsp3) is 0.400. The SMILES string of the molecule is NC(=O)N1C2CCCC=C2C=CC2C=CC=CC21. The van der Waals surface area contributed by atoms with Crippen LogP contribution in [0.4, 0.5) is 4.79 Å². The highest BCUT2D eigenvalue weighted by Gasteiger charge is 2.36. The molecule has 3 nitrogen and oxygen atoms in total. The van der Waals surface area contributed by atoms with Crippen molar-refractivity contribution in [2.75, 3.05) is 0 Å². The maximum absolute atomic E-state index is 11.9. The lowest BCUT2D eigenvalue weighted by molar-refractivity contribution is 0.165. The van der Waals surface area contributed by atoms with Gasteiger partial charge in [-0.1, -0.05) is 42.5 Å². The lowest BCUT2D eigenvalue weighted by Gasteiger charge is -2.38. The van der Waals surface area contributed by atoms with Crippen LogP contribution in [-0.2, 0) is 0 Å². The molecule has 0 bridgehead atoms. The quantitative estimate of drug-likeness (QED) is 0.697. The second kappa shape index (κ2) is 4.48. The van der Waals surface area contributed by atoms with Gasteiger partial charge < -0.3 is 10.6 Å². The molecule has 18 heavy (non-hydrogen) atoms. The molecule has 0 aromatic carbocycles. The summed E-state index contributed by atoms with van der Waals surface area (Å²) in [5.74, 6) is 0.244. The van der Waals surface area contributed by atoms with E-state index in [9.17, 15) is 4.79 Å². The molecule has 3 atom stereocenters. The van der Waals surface area contributed by atoms with Gasteiger partial charge in [-0.05, 0) is 24.8 Å². The number of nitrogens with two attached hydrogens (primary N) is 1. The van der Waals surface area contributed by atoms with Crippen LogP contribution in [0.5, 0.6) is 0 Å². The largest absolute Gasteiger partial charge is 0.351 e. The molecule has 3 rings (SSSR count). The van der Waals surface area contributed by atoms with Gasteiger partial charge in [-0.25, -0.2) is 4.79 Å². The molecule has 2 aliphatic carbocycles. The average molecular weight is 242 g/mol. The van der Waals surface area contributed by atoms with Crippen LogP contribution >= 0.6 is 0 Å². The monoisotopic (exact) mass is 242 g/mol. The maximum atomic E-state index is 11.9. The number of urea groups is 1. The fourth-order valence-electron chi connectivity index (χ4n) is 3.16. The number of fused-ring (bicyclic) bond motifs is 2. The normalized spacial score (nSPS) is 33.4. The first-order valence-electron chi connectivity index (χ1n) is 6.58. The highest BCUT2D eigenvalue weighted by atomic mass is 16.2. The van der Waals surface area contributed by atoms with Crippen molar-refractivity contribution < 1.29 is 4.79 Å². The number of allylic oxidation sites excluding steroid dienone is 3. The van der Waals surface area contributed by atoms with Gasteiger partial charge in [0.05, 0.1) is 12.1 Å². The van der Waals surface area contributed by atoms with Crippen molar-refractivity contribution >= 4 is 6.03 Å².